The minimum atomic E-state index is -0.900. The number of carbonyl (C=O) groups is 2. The number of fused-ring (bicyclic) bond motifs is 1. The van der Waals surface area contributed by atoms with E-state index in [0.717, 1.165) is 36.8 Å². The van der Waals surface area contributed by atoms with Gasteiger partial charge in [-0.1, -0.05) is 42.8 Å². The second kappa shape index (κ2) is 6.94. The van der Waals surface area contributed by atoms with Crippen molar-refractivity contribution in [3.63, 3.8) is 0 Å². The molecule has 4 nitrogen and oxygen atoms in total. The first-order chi connectivity index (χ1) is 12.6. The van der Waals surface area contributed by atoms with Crippen LogP contribution in [0, 0.1) is 5.92 Å². The van der Waals surface area contributed by atoms with Crippen molar-refractivity contribution in [2.24, 2.45) is 5.92 Å². The Bertz CT molecular complexity index is 831. The Labute approximate surface area is 153 Å². The molecule has 26 heavy (non-hydrogen) atoms. The van der Waals surface area contributed by atoms with Gasteiger partial charge in [0.25, 0.3) is 0 Å². The van der Waals surface area contributed by atoms with Crippen LogP contribution in [0.15, 0.2) is 48.5 Å². The van der Waals surface area contributed by atoms with Crippen LogP contribution in [-0.2, 0) is 17.8 Å². The number of nitrogens with zero attached hydrogens (tertiary/aromatic N) is 1. The molecule has 0 bridgehead atoms. The zero-order chi connectivity index (χ0) is 18.1. The lowest BCUT2D eigenvalue weighted by Crippen LogP contribution is -2.40. The van der Waals surface area contributed by atoms with Crippen molar-refractivity contribution in [1.82, 2.24) is 4.90 Å². The lowest BCUT2D eigenvalue weighted by atomic mass is 9.87. The number of hydrogen-bond acceptors (Lipinski definition) is 2. The normalized spacial score (nSPS) is 22.1. The smallest absolute Gasteiger partial charge is 0.335 e. The summed E-state index contributed by atoms with van der Waals surface area (Å²) < 4.78 is 0. The number of aromatic carboxylic acids is 1. The molecule has 1 heterocycles. The average molecular weight is 349 g/mol. The van der Waals surface area contributed by atoms with Crippen molar-refractivity contribution < 1.29 is 14.7 Å². The summed E-state index contributed by atoms with van der Waals surface area (Å²) >= 11 is 0. The fourth-order valence-electron chi connectivity index (χ4n) is 4.46. The van der Waals surface area contributed by atoms with Gasteiger partial charge in [-0.3, -0.25) is 4.79 Å². The quantitative estimate of drug-likeness (QED) is 0.915. The summed E-state index contributed by atoms with van der Waals surface area (Å²) in [4.78, 5) is 26.3. The van der Waals surface area contributed by atoms with E-state index in [1.54, 1.807) is 12.1 Å². The maximum absolute atomic E-state index is 13.2. The van der Waals surface area contributed by atoms with Crippen molar-refractivity contribution in [2.45, 2.75) is 38.1 Å². The largest absolute Gasteiger partial charge is 0.478 e. The van der Waals surface area contributed by atoms with Crippen LogP contribution >= 0.6 is 0 Å². The molecule has 0 radical (unpaired) electrons. The number of benzene rings is 2. The SMILES string of the molecule is O=C(O)c1ccc2c(c1)CCN(C(=O)C1CCCC1c1ccccc1)C2. The molecule has 2 aliphatic rings. The summed E-state index contributed by atoms with van der Waals surface area (Å²) in [6.45, 7) is 1.26. The third-order valence-corrected chi connectivity index (χ3v) is 5.84. The minimum Gasteiger partial charge on any atom is -0.478 e. The van der Waals surface area contributed by atoms with E-state index < -0.39 is 5.97 Å². The molecule has 1 aliphatic carbocycles. The van der Waals surface area contributed by atoms with Crippen LogP contribution in [-0.4, -0.2) is 28.4 Å². The first-order valence-corrected chi connectivity index (χ1v) is 9.32. The third-order valence-electron chi connectivity index (χ3n) is 5.84. The van der Waals surface area contributed by atoms with Crippen LogP contribution in [0.1, 0.15) is 52.2 Å². The molecule has 1 saturated carbocycles. The molecule has 1 aliphatic heterocycles. The van der Waals surface area contributed by atoms with E-state index in [2.05, 4.69) is 12.1 Å². The van der Waals surface area contributed by atoms with Crippen molar-refractivity contribution in [3.05, 3.63) is 70.8 Å². The Kier molecular flexibility index (Phi) is 4.49. The van der Waals surface area contributed by atoms with Crippen LogP contribution in [0.4, 0.5) is 0 Å². The molecule has 4 heteroatoms. The highest BCUT2D eigenvalue weighted by atomic mass is 16.4. The lowest BCUT2D eigenvalue weighted by molar-refractivity contribution is -0.136. The number of rotatable bonds is 3. The zero-order valence-corrected chi connectivity index (χ0v) is 14.7. The van der Waals surface area contributed by atoms with E-state index in [-0.39, 0.29) is 11.8 Å². The highest BCUT2D eigenvalue weighted by molar-refractivity contribution is 5.88. The highest BCUT2D eigenvalue weighted by Crippen LogP contribution is 2.41. The maximum atomic E-state index is 13.2. The molecular weight excluding hydrogens is 326 g/mol. The first-order valence-electron chi connectivity index (χ1n) is 9.32. The van der Waals surface area contributed by atoms with E-state index in [9.17, 15) is 9.59 Å². The Morgan fingerprint density at radius 1 is 1.00 bits per heavy atom. The summed E-state index contributed by atoms with van der Waals surface area (Å²) in [5.41, 5.74) is 3.72. The van der Waals surface area contributed by atoms with Gasteiger partial charge in [-0.05, 0) is 54.0 Å². The molecule has 1 fully saturated rings. The van der Waals surface area contributed by atoms with E-state index in [4.69, 9.17) is 5.11 Å². The van der Waals surface area contributed by atoms with Crippen LogP contribution in [0.3, 0.4) is 0 Å². The molecule has 0 aromatic heterocycles. The Balaban J connectivity index is 1.51. The average Bonchev–Trinajstić information content (AvgIpc) is 3.17. The van der Waals surface area contributed by atoms with Crippen LogP contribution < -0.4 is 0 Å². The summed E-state index contributed by atoms with van der Waals surface area (Å²) in [7, 11) is 0. The van der Waals surface area contributed by atoms with Gasteiger partial charge in [-0.25, -0.2) is 4.79 Å². The van der Waals surface area contributed by atoms with Gasteiger partial charge in [-0.15, -0.1) is 0 Å². The van der Waals surface area contributed by atoms with E-state index in [0.29, 0.717) is 24.6 Å². The molecule has 4 rings (SSSR count). The number of hydrogen-bond donors (Lipinski definition) is 1. The zero-order valence-electron chi connectivity index (χ0n) is 14.7. The fraction of sp³-hybridized carbons (Fsp3) is 0.364. The van der Waals surface area contributed by atoms with E-state index in [1.165, 1.54) is 5.56 Å². The van der Waals surface area contributed by atoms with Crippen molar-refractivity contribution >= 4 is 11.9 Å². The maximum Gasteiger partial charge on any atom is 0.335 e. The fourth-order valence-corrected chi connectivity index (χ4v) is 4.46. The molecular formula is C22H23NO3. The highest BCUT2D eigenvalue weighted by Gasteiger charge is 2.37. The van der Waals surface area contributed by atoms with Crippen LogP contribution in [0.2, 0.25) is 0 Å². The summed E-state index contributed by atoms with van der Waals surface area (Å²) in [6.07, 6.45) is 3.86. The topological polar surface area (TPSA) is 57.6 Å². The predicted octanol–water partition coefficient (Wildman–Crippen LogP) is 3.85. The van der Waals surface area contributed by atoms with E-state index >= 15 is 0 Å². The second-order valence-electron chi connectivity index (χ2n) is 7.35. The molecule has 1 N–H and O–H groups in total. The third kappa shape index (κ3) is 3.12. The molecule has 2 aromatic carbocycles. The molecule has 2 aromatic rings. The molecule has 1 amide bonds. The molecule has 134 valence electrons. The van der Waals surface area contributed by atoms with E-state index in [1.807, 2.05) is 29.2 Å². The van der Waals surface area contributed by atoms with Gasteiger partial charge < -0.3 is 10.0 Å². The van der Waals surface area contributed by atoms with Crippen molar-refractivity contribution in [2.75, 3.05) is 6.54 Å². The van der Waals surface area contributed by atoms with Crippen LogP contribution in [0.5, 0.6) is 0 Å². The van der Waals surface area contributed by atoms with Crippen LogP contribution in [0.25, 0.3) is 0 Å². The van der Waals surface area contributed by atoms with Gasteiger partial charge in [-0.2, -0.15) is 0 Å². The lowest BCUT2D eigenvalue weighted by Gasteiger charge is -2.32. The van der Waals surface area contributed by atoms with Gasteiger partial charge in [0.05, 0.1) is 5.56 Å². The Morgan fingerprint density at radius 2 is 1.81 bits per heavy atom. The number of carboxylic acids is 1. The first kappa shape index (κ1) is 16.8. The summed E-state index contributed by atoms with van der Waals surface area (Å²) in [5, 5.41) is 9.14. The van der Waals surface area contributed by atoms with Gasteiger partial charge in [0.2, 0.25) is 5.91 Å². The summed E-state index contributed by atoms with van der Waals surface area (Å²) in [5.74, 6) is -0.260. The molecule has 2 unspecified atom stereocenters. The second-order valence-corrected chi connectivity index (χ2v) is 7.35. The van der Waals surface area contributed by atoms with Gasteiger partial charge >= 0.3 is 5.97 Å². The Hall–Kier alpha value is -2.62. The van der Waals surface area contributed by atoms with Gasteiger partial charge in [0.15, 0.2) is 0 Å². The Morgan fingerprint density at radius 3 is 2.58 bits per heavy atom. The number of amides is 1. The van der Waals surface area contributed by atoms with Crippen molar-refractivity contribution in [1.29, 1.82) is 0 Å². The molecule has 0 spiro atoms. The predicted molar refractivity (Wildman–Crippen MR) is 99.0 cm³/mol. The minimum absolute atomic E-state index is 0.0669. The van der Waals surface area contributed by atoms with Crippen molar-refractivity contribution in [3.8, 4) is 0 Å². The molecule has 0 saturated heterocycles. The number of carboxylic acid groups (broad SMARTS) is 1. The standard InChI is InChI=1S/C22H23NO3/c24-21(20-8-4-7-19(20)15-5-2-1-3-6-15)23-12-11-16-13-17(22(25)26)9-10-18(16)14-23/h1-3,5-6,9-10,13,19-20H,4,7-8,11-12,14H2,(H,25,26). The van der Waals surface area contributed by atoms with Gasteiger partial charge in [0.1, 0.15) is 0 Å². The number of carbonyl (C=O) groups excluding carboxylic acids is 1. The monoisotopic (exact) mass is 349 g/mol. The summed E-state index contributed by atoms with van der Waals surface area (Å²) in [6, 6.07) is 15.6. The molecule has 2 atom stereocenters. The van der Waals surface area contributed by atoms with Gasteiger partial charge in [0, 0.05) is 19.0 Å².